The predicted octanol–water partition coefficient (Wildman–Crippen LogP) is 3.81. The number of nitrogens with one attached hydrogen (secondary N) is 1. The number of hydrogen-bond donors (Lipinski definition) is 2. The fourth-order valence-electron chi connectivity index (χ4n) is 4.08. The Balaban J connectivity index is 1.60. The minimum atomic E-state index is -4.64. The molecular weight excluding hydrogens is 578 g/mol. The highest BCUT2D eigenvalue weighted by atomic mass is 35.5. The first kappa shape index (κ1) is 28.7. The fraction of sp³-hybridized carbons (Fsp3) is 0.240. The van der Waals surface area contributed by atoms with Gasteiger partial charge < -0.3 is 15.2 Å². The van der Waals surface area contributed by atoms with Crippen LogP contribution in [0, 0.1) is 11.6 Å². The van der Waals surface area contributed by atoms with Gasteiger partial charge in [0.25, 0.3) is 15.9 Å². The Hall–Kier alpha value is -3.26. The smallest absolute Gasteiger partial charge is 0.274 e. The third-order valence-electron chi connectivity index (χ3n) is 6.12. The number of anilines is 1. The number of carbonyl (C=O) groups excluding carboxylic acids is 1. The molecule has 0 fully saturated rings. The molecule has 1 aliphatic rings. The maximum absolute atomic E-state index is 15.2. The van der Waals surface area contributed by atoms with E-state index >= 15 is 4.39 Å². The van der Waals surface area contributed by atoms with Gasteiger partial charge in [0.05, 0.1) is 34.0 Å². The molecule has 0 saturated carbocycles. The summed E-state index contributed by atoms with van der Waals surface area (Å²) in [6.07, 6.45) is -1.25. The highest BCUT2D eigenvalue weighted by Gasteiger charge is 2.42. The zero-order chi connectivity index (χ0) is 28.7. The third kappa shape index (κ3) is 5.31. The Bertz CT molecular complexity index is 1650. The molecule has 3 aromatic rings. The van der Waals surface area contributed by atoms with Gasteiger partial charge >= 0.3 is 0 Å². The summed E-state index contributed by atoms with van der Waals surface area (Å²) < 4.78 is 86.4. The van der Waals surface area contributed by atoms with Gasteiger partial charge in [0, 0.05) is 5.56 Å². The lowest BCUT2D eigenvalue weighted by atomic mass is 10.1. The van der Waals surface area contributed by atoms with Crippen LogP contribution in [0.3, 0.4) is 0 Å². The maximum Gasteiger partial charge on any atom is 0.274 e. The Morgan fingerprint density at radius 3 is 2.41 bits per heavy atom. The second kappa shape index (κ2) is 10.7. The summed E-state index contributed by atoms with van der Waals surface area (Å²) >= 11 is 5.75. The molecule has 0 radical (unpaired) electrons. The number of nitrogens with zero attached hydrogens (tertiary/aromatic N) is 1. The van der Waals surface area contributed by atoms with Gasteiger partial charge in [0.15, 0.2) is 26.8 Å². The van der Waals surface area contributed by atoms with Crippen molar-refractivity contribution in [3.05, 3.63) is 82.4 Å². The first-order valence-corrected chi connectivity index (χ1v) is 15.0. The summed E-state index contributed by atoms with van der Waals surface area (Å²) in [6.45, 7) is 2.29. The molecule has 0 unspecified atom stereocenters. The van der Waals surface area contributed by atoms with Crippen molar-refractivity contribution in [2.24, 2.45) is 0 Å². The van der Waals surface area contributed by atoms with E-state index in [1.807, 2.05) is 0 Å². The summed E-state index contributed by atoms with van der Waals surface area (Å²) in [5.41, 5.74) is -0.282. The molecule has 0 bridgehead atoms. The molecule has 208 valence electrons. The van der Waals surface area contributed by atoms with E-state index in [1.54, 1.807) is 0 Å². The summed E-state index contributed by atoms with van der Waals surface area (Å²) in [4.78, 5) is 12.1. The van der Waals surface area contributed by atoms with Crippen LogP contribution in [0.2, 0.25) is 5.02 Å². The van der Waals surface area contributed by atoms with Gasteiger partial charge in [-0.3, -0.25) is 4.79 Å². The Morgan fingerprint density at radius 1 is 1.15 bits per heavy atom. The summed E-state index contributed by atoms with van der Waals surface area (Å²) in [5.74, 6) is -3.50. The molecule has 3 aromatic carbocycles. The van der Waals surface area contributed by atoms with E-state index in [-0.39, 0.29) is 22.0 Å². The largest absolute Gasteiger partial charge is 0.468 e. The first-order chi connectivity index (χ1) is 18.3. The number of aliphatic hydroxyl groups excluding tert-OH is 1. The van der Waals surface area contributed by atoms with Crippen LogP contribution in [-0.4, -0.2) is 46.4 Å². The standard InChI is InChI=1S/C25H23ClF2N2O7S2/c1-3-38(33,34)17-7-4-15(5-8-17)20(13-31)29-25(32)16-6-10-21(19(27)12-16)30-14(2)37-22-11-9-18(26)23(28)24(22)39(30,35)36/h4-12,14,20,31H,3,13H2,1-2H3,(H,29,32)/t14-,20+/m1/s1. The number of ether oxygens (including phenoxy) is 1. The molecule has 0 aromatic heterocycles. The summed E-state index contributed by atoms with van der Waals surface area (Å²) in [7, 11) is -8.08. The van der Waals surface area contributed by atoms with Crippen molar-refractivity contribution in [1.29, 1.82) is 0 Å². The number of carbonyl (C=O) groups is 1. The Labute approximate surface area is 228 Å². The van der Waals surface area contributed by atoms with Gasteiger partial charge in [-0.15, -0.1) is 0 Å². The van der Waals surface area contributed by atoms with Crippen LogP contribution < -0.4 is 14.4 Å². The van der Waals surface area contributed by atoms with Gasteiger partial charge in [-0.1, -0.05) is 30.7 Å². The van der Waals surface area contributed by atoms with Crippen molar-refractivity contribution in [3.8, 4) is 5.75 Å². The minimum Gasteiger partial charge on any atom is -0.468 e. The molecule has 4 rings (SSSR count). The van der Waals surface area contributed by atoms with E-state index in [2.05, 4.69) is 5.32 Å². The monoisotopic (exact) mass is 600 g/mol. The average molecular weight is 601 g/mol. The fourth-order valence-corrected chi connectivity index (χ4v) is 6.92. The van der Waals surface area contributed by atoms with Gasteiger partial charge in [-0.25, -0.2) is 29.9 Å². The number of benzene rings is 3. The molecule has 9 nitrogen and oxygen atoms in total. The number of rotatable bonds is 7. The molecule has 0 aliphatic carbocycles. The van der Waals surface area contributed by atoms with E-state index in [1.165, 1.54) is 44.2 Å². The lowest BCUT2D eigenvalue weighted by Gasteiger charge is -2.35. The molecule has 14 heteroatoms. The lowest BCUT2D eigenvalue weighted by Crippen LogP contribution is -2.46. The van der Waals surface area contributed by atoms with E-state index in [0.29, 0.717) is 9.87 Å². The SMILES string of the molecule is CCS(=O)(=O)c1ccc([C@H](CO)NC(=O)c2ccc(N3[C@@H](C)Oc4ccc(Cl)c(F)c4S3(=O)=O)c(F)c2)cc1. The average Bonchev–Trinajstić information content (AvgIpc) is 2.89. The number of amides is 1. The van der Waals surface area contributed by atoms with Crippen molar-refractivity contribution in [2.45, 2.75) is 35.9 Å². The number of aliphatic hydroxyl groups is 1. The van der Waals surface area contributed by atoms with Gasteiger partial charge in [0.1, 0.15) is 11.6 Å². The molecule has 1 aliphatic heterocycles. The zero-order valence-electron chi connectivity index (χ0n) is 20.6. The lowest BCUT2D eigenvalue weighted by molar-refractivity contribution is 0.0915. The first-order valence-electron chi connectivity index (χ1n) is 11.5. The molecular formula is C25H23ClF2N2O7S2. The van der Waals surface area contributed by atoms with Crippen LogP contribution in [0.25, 0.3) is 0 Å². The molecule has 2 atom stereocenters. The minimum absolute atomic E-state index is 0.0880. The summed E-state index contributed by atoms with van der Waals surface area (Å²) in [5, 5.41) is 11.9. The van der Waals surface area contributed by atoms with Crippen LogP contribution in [0.5, 0.6) is 5.75 Å². The van der Waals surface area contributed by atoms with Crippen molar-refractivity contribution in [2.75, 3.05) is 16.7 Å². The third-order valence-corrected chi connectivity index (χ3v) is 10.1. The van der Waals surface area contributed by atoms with Crippen LogP contribution >= 0.6 is 11.6 Å². The van der Waals surface area contributed by atoms with Crippen molar-refractivity contribution in [3.63, 3.8) is 0 Å². The molecule has 2 N–H and O–H groups in total. The highest BCUT2D eigenvalue weighted by Crippen LogP contribution is 2.41. The normalized spacial score (nSPS) is 17.2. The quantitative estimate of drug-likeness (QED) is 0.422. The van der Waals surface area contributed by atoms with E-state index in [0.717, 1.165) is 24.3 Å². The molecule has 1 heterocycles. The number of fused-ring (bicyclic) bond motifs is 1. The topological polar surface area (TPSA) is 130 Å². The van der Waals surface area contributed by atoms with Gasteiger partial charge in [-0.05, 0) is 55.0 Å². The number of halogens is 3. The number of sulfonamides is 1. The molecule has 39 heavy (non-hydrogen) atoms. The second-order valence-electron chi connectivity index (χ2n) is 8.55. The number of hydrogen-bond acceptors (Lipinski definition) is 7. The van der Waals surface area contributed by atoms with Crippen LogP contribution in [0.15, 0.2) is 64.4 Å². The molecule has 0 saturated heterocycles. The Morgan fingerprint density at radius 2 is 1.82 bits per heavy atom. The summed E-state index contributed by atoms with van der Waals surface area (Å²) in [6, 6.07) is 9.98. The second-order valence-corrected chi connectivity index (χ2v) is 13.0. The van der Waals surface area contributed by atoms with Gasteiger partial charge in [-0.2, -0.15) is 0 Å². The zero-order valence-corrected chi connectivity index (χ0v) is 22.9. The van der Waals surface area contributed by atoms with Crippen LogP contribution in [0.1, 0.15) is 35.8 Å². The Kier molecular flexibility index (Phi) is 7.90. The maximum atomic E-state index is 15.2. The van der Waals surface area contributed by atoms with Crippen LogP contribution in [-0.2, 0) is 19.9 Å². The van der Waals surface area contributed by atoms with Gasteiger partial charge in [0.2, 0.25) is 0 Å². The van der Waals surface area contributed by atoms with Crippen molar-refractivity contribution >= 4 is 43.1 Å². The van der Waals surface area contributed by atoms with E-state index in [9.17, 15) is 31.1 Å². The highest BCUT2D eigenvalue weighted by molar-refractivity contribution is 7.93. The van der Waals surface area contributed by atoms with E-state index < -0.39 is 71.9 Å². The van der Waals surface area contributed by atoms with Crippen molar-refractivity contribution in [1.82, 2.24) is 5.32 Å². The molecule has 0 spiro atoms. The predicted molar refractivity (Wildman–Crippen MR) is 139 cm³/mol. The number of sulfone groups is 1. The molecule has 1 amide bonds. The van der Waals surface area contributed by atoms with Crippen molar-refractivity contribution < 1.29 is 40.3 Å². The van der Waals surface area contributed by atoms with E-state index in [4.69, 9.17) is 16.3 Å². The van der Waals surface area contributed by atoms with Crippen LogP contribution in [0.4, 0.5) is 14.5 Å².